The zero-order valence-corrected chi connectivity index (χ0v) is 9.69. The molecule has 17 heavy (non-hydrogen) atoms. The Morgan fingerprint density at radius 1 is 1.41 bits per heavy atom. The molecule has 1 heterocycles. The second-order valence-electron chi connectivity index (χ2n) is 3.43. The summed E-state index contributed by atoms with van der Waals surface area (Å²) < 4.78 is 4.93. The fraction of sp³-hybridized carbons (Fsp3) is 0.0833. The van der Waals surface area contributed by atoms with Gasteiger partial charge in [0.15, 0.2) is 6.29 Å². The lowest BCUT2D eigenvalue weighted by Gasteiger charge is -2.04. The van der Waals surface area contributed by atoms with E-state index in [9.17, 15) is 9.59 Å². The molecule has 0 saturated heterocycles. The molecule has 5 heteroatoms. The standard InChI is InChI=1S/C12H8ClNO3/c1-7(16)17-10-3-2-8-4-9(6-15)12(13)14-11(8)5-10/h2-6H,1H3. The van der Waals surface area contributed by atoms with Crippen LogP contribution in [0.3, 0.4) is 0 Å². The predicted octanol–water partition coefficient (Wildman–Crippen LogP) is 2.63. The maximum atomic E-state index is 10.8. The highest BCUT2D eigenvalue weighted by Crippen LogP contribution is 2.23. The molecule has 0 bridgehead atoms. The average molecular weight is 250 g/mol. The van der Waals surface area contributed by atoms with Crippen LogP contribution in [0.5, 0.6) is 5.75 Å². The summed E-state index contributed by atoms with van der Waals surface area (Å²) in [6, 6.07) is 6.57. The number of fused-ring (bicyclic) bond motifs is 1. The van der Waals surface area contributed by atoms with Gasteiger partial charge >= 0.3 is 5.97 Å². The number of hydrogen-bond donors (Lipinski definition) is 0. The molecule has 0 N–H and O–H groups in total. The molecular formula is C12H8ClNO3. The number of rotatable bonds is 2. The first-order valence-electron chi connectivity index (χ1n) is 4.84. The van der Waals surface area contributed by atoms with Crippen molar-refractivity contribution in [2.75, 3.05) is 0 Å². The van der Waals surface area contributed by atoms with Crippen LogP contribution in [-0.2, 0) is 4.79 Å². The van der Waals surface area contributed by atoms with Gasteiger partial charge in [0.2, 0.25) is 0 Å². The highest BCUT2D eigenvalue weighted by molar-refractivity contribution is 6.32. The van der Waals surface area contributed by atoms with E-state index in [1.807, 2.05) is 0 Å². The van der Waals surface area contributed by atoms with E-state index in [0.29, 0.717) is 23.1 Å². The number of hydrogen-bond acceptors (Lipinski definition) is 4. The van der Waals surface area contributed by atoms with Crippen LogP contribution in [0.25, 0.3) is 10.9 Å². The van der Waals surface area contributed by atoms with Gasteiger partial charge in [-0.1, -0.05) is 11.6 Å². The van der Waals surface area contributed by atoms with Crippen molar-refractivity contribution in [1.82, 2.24) is 4.98 Å². The van der Waals surface area contributed by atoms with E-state index in [2.05, 4.69) is 4.98 Å². The Balaban J connectivity index is 2.54. The number of benzene rings is 1. The van der Waals surface area contributed by atoms with Crippen LogP contribution >= 0.6 is 11.6 Å². The van der Waals surface area contributed by atoms with Gasteiger partial charge < -0.3 is 4.74 Å². The molecule has 0 radical (unpaired) electrons. The molecular weight excluding hydrogens is 242 g/mol. The maximum Gasteiger partial charge on any atom is 0.308 e. The van der Waals surface area contributed by atoms with Crippen molar-refractivity contribution in [1.29, 1.82) is 0 Å². The van der Waals surface area contributed by atoms with Gasteiger partial charge in [-0.3, -0.25) is 9.59 Å². The Kier molecular flexibility index (Phi) is 3.06. The minimum Gasteiger partial charge on any atom is -0.427 e. The second-order valence-corrected chi connectivity index (χ2v) is 3.79. The number of aldehydes is 1. The molecule has 2 aromatic rings. The number of aromatic nitrogens is 1. The van der Waals surface area contributed by atoms with E-state index in [0.717, 1.165) is 5.39 Å². The van der Waals surface area contributed by atoms with Crippen LogP contribution in [0.4, 0.5) is 0 Å². The van der Waals surface area contributed by atoms with Gasteiger partial charge in [-0.2, -0.15) is 0 Å². The van der Waals surface area contributed by atoms with Crippen LogP contribution in [-0.4, -0.2) is 17.2 Å². The topological polar surface area (TPSA) is 56.3 Å². The van der Waals surface area contributed by atoms with E-state index in [1.54, 1.807) is 24.3 Å². The minimum absolute atomic E-state index is 0.132. The predicted molar refractivity (Wildman–Crippen MR) is 63.4 cm³/mol. The summed E-state index contributed by atoms with van der Waals surface area (Å²) in [5.74, 6) is -0.00706. The normalized spacial score (nSPS) is 10.2. The first-order chi connectivity index (χ1) is 8.10. The van der Waals surface area contributed by atoms with Gasteiger partial charge in [0.05, 0.1) is 11.1 Å². The molecule has 0 atom stereocenters. The second kappa shape index (κ2) is 4.51. The van der Waals surface area contributed by atoms with Gasteiger partial charge in [-0.05, 0) is 18.2 Å². The maximum absolute atomic E-state index is 10.8. The highest BCUT2D eigenvalue weighted by atomic mass is 35.5. The van der Waals surface area contributed by atoms with E-state index >= 15 is 0 Å². The Bertz CT molecular complexity index is 610. The summed E-state index contributed by atoms with van der Waals surface area (Å²) in [6.07, 6.45) is 0.648. The Morgan fingerprint density at radius 3 is 2.82 bits per heavy atom. The molecule has 2 rings (SSSR count). The molecule has 0 spiro atoms. The summed E-state index contributed by atoms with van der Waals surface area (Å²) in [5, 5.41) is 0.889. The SMILES string of the molecule is CC(=O)Oc1ccc2cc(C=O)c(Cl)nc2c1. The monoisotopic (exact) mass is 249 g/mol. The van der Waals surface area contributed by atoms with Gasteiger partial charge in [0, 0.05) is 18.4 Å². The summed E-state index contributed by atoms with van der Waals surface area (Å²) in [7, 11) is 0. The van der Waals surface area contributed by atoms with E-state index in [1.165, 1.54) is 6.92 Å². The minimum atomic E-state index is -0.403. The summed E-state index contributed by atoms with van der Waals surface area (Å²) in [4.78, 5) is 25.5. The zero-order valence-electron chi connectivity index (χ0n) is 8.94. The van der Waals surface area contributed by atoms with Crippen LogP contribution in [0.1, 0.15) is 17.3 Å². The van der Waals surface area contributed by atoms with Gasteiger partial charge in [-0.15, -0.1) is 0 Å². The smallest absolute Gasteiger partial charge is 0.308 e. The molecule has 0 unspecified atom stereocenters. The van der Waals surface area contributed by atoms with Crippen molar-refractivity contribution < 1.29 is 14.3 Å². The first kappa shape index (κ1) is 11.5. The van der Waals surface area contributed by atoms with E-state index in [4.69, 9.17) is 16.3 Å². The molecule has 86 valence electrons. The Labute approximate surface area is 102 Å². The first-order valence-corrected chi connectivity index (χ1v) is 5.22. The largest absolute Gasteiger partial charge is 0.427 e. The zero-order chi connectivity index (χ0) is 12.4. The highest BCUT2D eigenvalue weighted by Gasteiger charge is 2.06. The number of pyridine rings is 1. The number of carbonyl (C=O) groups excluding carboxylic acids is 2. The summed E-state index contributed by atoms with van der Waals surface area (Å²) >= 11 is 5.81. The van der Waals surface area contributed by atoms with Crippen molar-refractivity contribution in [2.24, 2.45) is 0 Å². The number of halogens is 1. The fourth-order valence-corrected chi connectivity index (χ4v) is 1.64. The third-order valence-corrected chi connectivity index (χ3v) is 2.46. The number of nitrogens with zero attached hydrogens (tertiary/aromatic N) is 1. The van der Waals surface area contributed by atoms with Crippen LogP contribution < -0.4 is 4.74 Å². The summed E-state index contributed by atoms with van der Waals surface area (Å²) in [5.41, 5.74) is 0.902. The third-order valence-electron chi connectivity index (χ3n) is 2.16. The quantitative estimate of drug-likeness (QED) is 0.355. The van der Waals surface area contributed by atoms with Gasteiger partial charge in [-0.25, -0.2) is 4.98 Å². The molecule has 0 amide bonds. The molecule has 0 aliphatic heterocycles. The third kappa shape index (κ3) is 2.42. The molecule has 0 aliphatic rings. The van der Waals surface area contributed by atoms with Gasteiger partial charge in [0.25, 0.3) is 0 Å². The Hall–Kier alpha value is -1.94. The van der Waals surface area contributed by atoms with E-state index in [-0.39, 0.29) is 5.15 Å². The van der Waals surface area contributed by atoms with Crippen molar-refractivity contribution in [2.45, 2.75) is 6.92 Å². The van der Waals surface area contributed by atoms with Crippen molar-refractivity contribution in [3.05, 3.63) is 35.0 Å². The molecule has 4 nitrogen and oxygen atoms in total. The van der Waals surface area contributed by atoms with Crippen molar-refractivity contribution in [3.8, 4) is 5.75 Å². The fourth-order valence-electron chi connectivity index (χ4n) is 1.45. The van der Waals surface area contributed by atoms with Crippen molar-refractivity contribution >= 4 is 34.8 Å². The van der Waals surface area contributed by atoms with Crippen LogP contribution in [0.2, 0.25) is 5.15 Å². The Morgan fingerprint density at radius 2 is 2.18 bits per heavy atom. The average Bonchev–Trinajstić information content (AvgIpc) is 2.27. The van der Waals surface area contributed by atoms with Gasteiger partial charge in [0.1, 0.15) is 10.9 Å². The lowest BCUT2D eigenvalue weighted by molar-refractivity contribution is -0.131. The lowest BCUT2D eigenvalue weighted by atomic mass is 10.1. The molecule has 0 aliphatic carbocycles. The number of esters is 1. The molecule has 1 aromatic heterocycles. The molecule has 0 saturated carbocycles. The molecule has 0 fully saturated rings. The molecule has 1 aromatic carbocycles. The van der Waals surface area contributed by atoms with E-state index < -0.39 is 5.97 Å². The number of carbonyl (C=O) groups is 2. The number of ether oxygens (including phenoxy) is 1. The summed E-state index contributed by atoms with van der Waals surface area (Å²) in [6.45, 7) is 1.32. The van der Waals surface area contributed by atoms with Crippen LogP contribution in [0, 0.1) is 0 Å². The van der Waals surface area contributed by atoms with Crippen LogP contribution in [0.15, 0.2) is 24.3 Å². The lowest BCUT2D eigenvalue weighted by Crippen LogP contribution is -2.01. The van der Waals surface area contributed by atoms with Crippen molar-refractivity contribution in [3.63, 3.8) is 0 Å².